The minimum Gasteiger partial charge on any atom is -0.368 e. The second-order valence-corrected chi connectivity index (χ2v) is 6.50. The van der Waals surface area contributed by atoms with Crippen LogP contribution in [0.5, 0.6) is 0 Å². The summed E-state index contributed by atoms with van der Waals surface area (Å²) < 4.78 is 7.05. The Bertz CT molecular complexity index is 777. The maximum absolute atomic E-state index is 12.7. The Morgan fingerprint density at radius 2 is 1.77 bits per heavy atom. The number of aromatic nitrogens is 3. The van der Waals surface area contributed by atoms with Crippen molar-refractivity contribution < 1.29 is 14.3 Å². The van der Waals surface area contributed by atoms with Crippen molar-refractivity contribution in [2.45, 2.75) is 18.9 Å². The van der Waals surface area contributed by atoms with Crippen molar-refractivity contribution in [1.82, 2.24) is 24.8 Å². The van der Waals surface area contributed by atoms with Crippen LogP contribution in [-0.2, 0) is 9.53 Å². The van der Waals surface area contributed by atoms with Gasteiger partial charge in [0.15, 0.2) is 5.69 Å². The highest BCUT2D eigenvalue weighted by molar-refractivity contribution is 5.92. The van der Waals surface area contributed by atoms with Crippen LogP contribution < -0.4 is 0 Å². The number of hydrogen-bond donors (Lipinski definition) is 0. The van der Waals surface area contributed by atoms with Crippen molar-refractivity contribution in [2.75, 3.05) is 32.8 Å². The first-order valence-electron chi connectivity index (χ1n) is 8.90. The van der Waals surface area contributed by atoms with Gasteiger partial charge in [0.25, 0.3) is 11.8 Å². The van der Waals surface area contributed by atoms with Gasteiger partial charge in [-0.1, -0.05) is 23.4 Å². The zero-order valence-corrected chi connectivity index (χ0v) is 14.5. The van der Waals surface area contributed by atoms with Gasteiger partial charge < -0.3 is 14.5 Å². The number of carbonyl (C=O) groups is 2. The highest BCUT2D eigenvalue weighted by atomic mass is 16.5. The number of amides is 2. The second-order valence-electron chi connectivity index (χ2n) is 6.50. The molecule has 1 aromatic carbocycles. The third kappa shape index (κ3) is 3.32. The predicted octanol–water partition coefficient (Wildman–Crippen LogP) is 0.731. The molecule has 2 aromatic rings. The van der Waals surface area contributed by atoms with Crippen LogP contribution in [0.2, 0.25) is 0 Å². The van der Waals surface area contributed by atoms with E-state index >= 15 is 0 Å². The third-order valence-electron chi connectivity index (χ3n) is 4.82. The van der Waals surface area contributed by atoms with E-state index in [1.165, 1.54) is 0 Å². The summed E-state index contributed by atoms with van der Waals surface area (Å²) in [7, 11) is 0. The van der Waals surface area contributed by atoms with Crippen molar-refractivity contribution in [3.05, 3.63) is 42.2 Å². The number of benzene rings is 1. The fourth-order valence-corrected chi connectivity index (χ4v) is 3.34. The molecular formula is C18H21N5O3. The monoisotopic (exact) mass is 355 g/mol. The van der Waals surface area contributed by atoms with Crippen molar-refractivity contribution in [1.29, 1.82) is 0 Å². The molecule has 8 heteroatoms. The van der Waals surface area contributed by atoms with Gasteiger partial charge in [0, 0.05) is 32.8 Å². The Hall–Kier alpha value is -2.74. The molecule has 0 radical (unpaired) electrons. The van der Waals surface area contributed by atoms with Crippen molar-refractivity contribution in [3.8, 4) is 5.69 Å². The van der Waals surface area contributed by atoms with Crippen LogP contribution in [0, 0.1) is 0 Å². The summed E-state index contributed by atoms with van der Waals surface area (Å²) >= 11 is 0. The molecule has 3 heterocycles. The van der Waals surface area contributed by atoms with E-state index in [0.717, 1.165) is 18.5 Å². The molecular weight excluding hydrogens is 334 g/mol. The average Bonchev–Trinajstić information content (AvgIpc) is 3.40. The van der Waals surface area contributed by atoms with E-state index in [1.54, 1.807) is 20.7 Å². The lowest BCUT2D eigenvalue weighted by Crippen LogP contribution is -2.52. The predicted molar refractivity (Wildman–Crippen MR) is 92.8 cm³/mol. The highest BCUT2D eigenvalue weighted by Gasteiger charge is 2.32. The Kier molecular flexibility index (Phi) is 4.66. The molecule has 0 spiro atoms. The van der Waals surface area contributed by atoms with Crippen LogP contribution in [0.4, 0.5) is 0 Å². The highest BCUT2D eigenvalue weighted by Crippen LogP contribution is 2.16. The molecule has 26 heavy (non-hydrogen) atoms. The van der Waals surface area contributed by atoms with Gasteiger partial charge in [-0.25, -0.2) is 4.68 Å². The lowest BCUT2D eigenvalue weighted by atomic mass is 10.2. The number of rotatable bonds is 3. The molecule has 0 saturated carbocycles. The summed E-state index contributed by atoms with van der Waals surface area (Å²) in [5, 5.41) is 8.04. The van der Waals surface area contributed by atoms with E-state index in [9.17, 15) is 9.59 Å². The fourth-order valence-electron chi connectivity index (χ4n) is 3.34. The van der Waals surface area contributed by atoms with Gasteiger partial charge in [0.1, 0.15) is 6.10 Å². The van der Waals surface area contributed by atoms with E-state index < -0.39 is 0 Å². The number of ether oxygens (including phenoxy) is 1. The molecule has 2 aliphatic rings. The maximum atomic E-state index is 12.7. The maximum Gasteiger partial charge on any atom is 0.276 e. The molecule has 136 valence electrons. The SMILES string of the molecule is O=C(c1cn(-c2ccccc2)nn1)N1CCN(C(=O)[C@H]2CCCO2)CC1. The second kappa shape index (κ2) is 7.25. The molecule has 0 N–H and O–H groups in total. The molecule has 8 nitrogen and oxygen atoms in total. The number of piperazine rings is 1. The van der Waals surface area contributed by atoms with Crippen LogP contribution in [0.1, 0.15) is 23.3 Å². The molecule has 2 fully saturated rings. The van der Waals surface area contributed by atoms with E-state index in [2.05, 4.69) is 10.3 Å². The van der Waals surface area contributed by atoms with Gasteiger partial charge in [0.2, 0.25) is 0 Å². The molecule has 2 amide bonds. The minimum absolute atomic E-state index is 0.0459. The van der Waals surface area contributed by atoms with E-state index in [0.29, 0.717) is 38.5 Å². The van der Waals surface area contributed by atoms with E-state index in [1.807, 2.05) is 30.3 Å². The first kappa shape index (κ1) is 16.7. The van der Waals surface area contributed by atoms with Gasteiger partial charge in [-0.15, -0.1) is 5.10 Å². The fraction of sp³-hybridized carbons (Fsp3) is 0.444. The van der Waals surface area contributed by atoms with Crippen molar-refractivity contribution >= 4 is 11.8 Å². The Morgan fingerprint density at radius 3 is 2.46 bits per heavy atom. The zero-order chi connectivity index (χ0) is 17.9. The Labute approximate surface area is 151 Å². The van der Waals surface area contributed by atoms with Crippen LogP contribution in [0.15, 0.2) is 36.5 Å². The lowest BCUT2D eigenvalue weighted by Gasteiger charge is -2.35. The lowest BCUT2D eigenvalue weighted by molar-refractivity contribution is -0.142. The normalized spacial score (nSPS) is 20.4. The molecule has 0 aliphatic carbocycles. The molecule has 0 bridgehead atoms. The van der Waals surface area contributed by atoms with Gasteiger partial charge in [-0.05, 0) is 25.0 Å². The standard InChI is InChI=1S/C18H21N5O3/c24-17(15-13-23(20-19-15)14-5-2-1-3-6-14)21-8-10-22(11-9-21)18(25)16-7-4-12-26-16/h1-3,5-6,13,16H,4,7-12H2/t16-/m1/s1. The minimum atomic E-state index is -0.303. The summed E-state index contributed by atoms with van der Waals surface area (Å²) in [5.41, 5.74) is 1.17. The molecule has 1 atom stereocenters. The smallest absolute Gasteiger partial charge is 0.276 e. The Morgan fingerprint density at radius 1 is 1.04 bits per heavy atom. The van der Waals surface area contributed by atoms with Crippen LogP contribution >= 0.6 is 0 Å². The van der Waals surface area contributed by atoms with Crippen molar-refractivity contribution in [2.24, 2.45) is 0 Å². The van der Waals surface area contributed by atoms with E-state index in [4.69, 9.17) is 4.74 Å². The van der Waals surface area contributed by atoms with Crippen LogP contribution in [-0.4, -0.2) is 75.5 Å². The quantitative estimate of drug-likeness (QED) is 0.811. The summed E-state index contributed by atoms with van der Waals surface area (Å²) in [4.78, 5) is 28.6. The first-order chi connectivity index (χ1) is 12.7. The topological polar surface area (TPSA) is 80.6 Å². The van der Waals surface area contributed by atoms with Gasteiger partial charge in [-0.2, -0.15) is 0 Å². The molecule has 2 saturated heterocycles. The number of nitrogens with zero attached hydrogens (tertiary/aromatic N) is 5. The summed E-state index contributed by atoms with van der Waals surface area (Å²) in [5.74, 6) is -0.110. The number of hydrogen-bond acceptors (Lipinski definition) is 5. The van der Waals surface area contributed by atoms with Crippen LogP contribution in [0.3, 0.4) is 0 Å². The molecule has 1 aromatic heterocycles. The summed E-state index contributed by atoms with van der Waals surface area (Å²) in [6.07, 6.45) is 3.07. The summed E-state index contributed by atoms with van der Waals surface area (Å²) in [6, 6.07) is 9.53. The summed E-state index contributed by atoms with van der Waals surface area (Å²) in [6.45, 7) is 2.70. The molecule has 2 aliphatic heterocycles. The Balaban J connectivity index is 1.36. The number of carbonyl (C=O) groups excluding carboxylic acids is 2. The van der Waals surface area contributed by atoms with Crippen molar-refractivity contribution in [3.63, 3.8) is 0 Å². The molecule has 0 unspecified atom stereocenters. The number of para-hydroxylation sites is 1. The zero-order valence-electron chi connectivity index (χ0n) is 14.5. The van der Waals surface area contributed by atoms with Gasteiger partial charge in [0.05, 0.1) is 11.9 Å². The largest absolute Gasteiger partial charge is 0.368 e. The van der Waals surface area contributed by atoms with Crippen LogP contribution in [0.25, 0.3) is 5.69 Å². The average molecular weight is 355 g/mol. The third-order valence-corrected chi connectivity index (χ3v) is 4.82. The van der Waals surface area contributed by atoms with Gasteiger partial charge >= 0.3 is 0 Å². The molecule has 4 rings (SSSR count). The first-order valence-corrected chi connectivity index (χ1v) is 8.90. The van der Waals surface area contributed by atoms with Gasteiger partial charge in [-0.3, -0.25) is 9.59 Å². The van der Waals surface area contributed by atoms with E-state index in [-0.39, 0.29) is 17.9 Å².